The molecule has 0 radical (unpaired) electrons. The van der Waals surface area contributed by atoms with Gasteiger partial charge in [0.2, 0.25) is 15.9 Å². The summed E-state index contributed by atoms with van der Waals surface area (Å²) >= 11 is 13.1. The monoisotopic (exact) mass is 501 g/mol. The van der Waals surface area contributed by atoms with Crippen molar-refractivity contribution < 1.29 is 13.2 Å². The molecule has 166 valence electrons. The zero-order chi connectivity index (χ0) is 23.1. The first-order valence-electron chi connectivity index (χ1n) is 9.30. The fourth-order valence-electron chi connectivity index (χ4n) is 3.33. The normalized spacial score (nSPS) is 12.9. The van der Waals surface area contributed by atoms with Crippen LogP contribution in [0.4, 0.5) is 11.4 Å². The van der Waals surface area contributed by atoms with E-state index < -0.39 is 22.0 Å². The number of nitrogens with one attached hydrogen (secondary N) is 1. The number of aromatic nitrogens is 1. The molecule has 0 saturated heterocycles. The van der Waals surface area contributed by atoms with Crippen LogP contribution in [0.15, 0.2) is 41.2 Å². The average Bonchev–Trinajstić information content (AvgIpc) is 2.94. The van der Waals surface area contributed by atoms with Crippen LogP contribution in [-0.4, -0.2) is 31.2 Å². The van der Waals surface area contributed by atoms with Crippen molar-refractivity contribution in [3.8, 4) is 0 Å². The second-order valence-electron chi connectivity index (χ2n) is 7.37. The van der Waals surface area contributed by atoms with Gasteiger partial charge in [0.25, 0.3) is 0 Å². The van der Waals surface area contributed by atoms with Gasteiger partial charge in [-0.1, -0.05) is 34.5 Å². The summed E-state index contributed by atoms with van der Waals surface area (Å²) in [6.07, 6.45) is 1.00. The van der Waals surface area contributed by atoms with E-state index in [9.17, 15) is 18.0 Å². The summed E-state index contributed by atoms with van der Waals surface area (Å²) in [5.41, 5.74) is 1.42. The van der Waals surface area contributed by atoms with Gasteiger partial charge in [-0.3, -0.25) is 18.5 Å². The van der Waals surface area contributed by atoms with E-state index in [0.717, 1.165) is 32.1 Å². The number of hydrogen-bond acceptors (Lipinski definition) is 5. The van der Waals surface area contributed by atoms with Gasteiger partial charge in [0, 0.05) is 21.8 Å². The van der Waals surface area contributed by atoms with Crippen LogP contribution in [0.3, 0.4) is 0 Å². The van der Waals surface area contributed by atoms with Crippen LogP contribution in [-0.2, 0) is 14.8 Å². The van der Waals surface area contributed by atoms with Gasteiger partial charge in [0.15, 0.2) is 0 Å². The number of hydrogen-bond donors (Lipinski definition) is 1. The van der Waals surface area contributed by atoms with Crippen LogP contribution in [0.25, 0.3) is 10.2 Å². The van der Waals surface area contributed by atoms with Crippen LogP contribution in [0.2, 0.25) is 10.0 Å². The number of fused-ring (bicyclic) bond motifs is 1. The summed E-state index contributed by atoms with van der Waals surface area (Å²) in [7, 11) is -3.82. The number of amides is 1. The third kappa shape index (κ3) is 5.06. The van der Waals surface area contributed by atoms with Crippen LogP contribution in [0, 0.1) is 0 Å². The van der Waals surface area contributed by atoms with Gasteiger partial charge in [-0.05, 0) is 57.2 Å². The van der Waals surface area contributed by atoms with Crippen LogP contribution in [0.5, 0.6) is 0 Å². The second kappa shape index (κ2) is 8.82. The molecule has 0 aliphatic rings. The molecule has 31 heavy (non-hydrogen) atoms. The predicted molar refractivity (Wildman–Crippen MR) is 128 cm³/mol. The molecule has 0 aliphatic carbocycles. The highest BCUT2D eigenvalue weighted by Crippen LogP contribution is 2.29. The van der Waals surface area contributed by atoms with Crippen molar-refractivity contribution in [1.82, 2.24) is 4.57 Å². The molecule has 0 saturated carbocycles. The SMILES string of the molecule is CC(C)n1c(=O)sc2cc(NC(=O)[C@@H](C)N(c3cc(Cl)cc(Cl)c3)S(C)(=O)=O)ccc21. The number of sulfonamides is 1. The zero-order valence-corrected chi connectivity index (χ0v) is 20.4. The van der Waals surface area contributed by atoms with E-state index in [4.69, 9.17) is 23.2 Å². The Balaban J connectivity index is 1.93. The fourth-order valence-corrected chi connectivity index (χ4v) is 6.05. The van der Waals surface area contributed by atoms with Gasteiger partial charge in [-0.15, -0.1) is 0 Å². The number of benzene rings is 2. The molecule has 3 aromatic rings. The third-order valence-corrected chi connectivity index (χ3v) is 7.18. The average molecular weight is 502 g/mol. The minimum atomic E-state index is -3.82. The Kier molecular flexibility index (Phi) is 6.71. The van der Waals surface area contributed by atoms with E-state index >= 15 is 0 Å². The Bertz CT molecular complexity index is 1300. The minimum absolute atomic E-state index is 0.00885. The lowest BCUT2D eigenvalue weighted by Gasteiger charge is -2.28. The van der Waals surface area contributed by atoms with Crippen molar-refractivity contribution in [2.45, 2.75) is 32.9 Å². The molecule has 0 unspecified atom stereocenters. The molecule has 0 spiro atoms. The summed E-state index contributed by atoms with van der Waals surface area (Å²) in [5.74, 6) is -0.545. The maximum absolute atomic E-state index is 12.9. The molecule has 1 amide bonds. The van der Waals surface area contributed by atoms with Gasteiger partial charge < -0.3 is 5.32 Å². The van der Waals surface area contributed by atoms with Crippen molar-refractivity contribution in [2.75, 3.05) is 15.9 Å². The topological polar surface area (TPSA) is 88.5 Å². The van der Waals surface area contributed by atoms with E-state index in [-0.39, 0.29) is 26.6 Å². The maximum atomic E-state index is 12.9. The molecule has 1 heterocycles. The zero-order valence-electron chi connectivity index (χ0n) is 17.2. The summed E-state index contributed by atoms with van der Waals surface area (Å²) in [6.45, 7) is 5.32. The van der Waals surface area contributed by atoms with Gasteiger partial charge in [-0.2, -0.15) is 0 Å². The van der Waals surface area contributed by atoms with Gasteiger partial charge in [0.1, 0.15) is 6.04 Å². The van der Waals surface area contributed by atoms with Crippen molar-refractivity contribution in [3.05, 3.63) is 56.1 Å². The lowest BCUT2D eigenvalue weighted by atomic mass is 10.2. The Morgan fingerprint density at radius 3 is 2.26 bits per heavy atom. The van der Waals surface area contributed by atoms with Gasteiger partial charge >= 0.3 is 4.87 Å². The molecule has 0 bridgehead atoms. The first-order valence-corrected chi connectivity index (χ1v) is 12.7. The molecule has 2 aromatic carbocycles. The fraction of sp³-hybridized carbons (Fsp3) is 0.300. The number of rotatable bonds is 6. The molecule has 3 rings (SSSR count). The Labute approximate surface area is 194 Å². The lowest BCUT2D eigenvalue weighted by molar-refractivity contribution is -0.116. The smallest absolute Gasteiger partial charge is 0.308 e. The third-order valence-electron chi connectivity index (χ3n) is 4.59. The molecule has 0 aliphatic heterocycles. The number of nitrogens with zero attached hydrogens (tertiary/aromatic N) is 2. The number of anilines is 2. The first-order chi connectivity index (χ1) is 14.4. The van der Waals surface area contributed by atoms with Crippen molar-refractivity contribution >= 4 is 72.1 Å². The summed E-state index contributed by atoms with van der Waals surface area (Å²) in [5, 5.41) is 3.23. The van der Waals surface area contributed by atoms with Gasteiger partial charge in [-0.25, -0.2) is 8.42 Å². The molecular formula is C20H21Cl2N3O4S2. The molecule has 11 heteroatoms. The van der Waals surface area contributed by atoms with E-state index in [1.807, 2.05) is 13.8 Å². The van der Waals surface area contributed by atoms with Crippen molar-refractivity contribution in [1.29, 1.82) is 0 Å². The van der Waals surface area contributed by atoms with Crippen molar-refractivity contribution in [2.24, 2.45) is 0 Å². The summed E-state index contributed by atoms with van der Waals surface area (Å²) in [6, 6.07) is 8.40. The minimum Gasteiger partial charge on any atom is -0.324 e. The number of carbonyl (C=O) groups is 1. The van der Waals surface area contributed by atoms with Crippen LogP contribution >= 0.6 is 34.5 Å². The molecular weight excluding hydrogens is 481 g/mol. The highest BCUT2D eigenvalue weighted by atomic mass is 35.5. The van der Waals surface area contributed by atoms with Crippen LogP contribution in [0.1, 0.15) is 26.8 Å². The largest absolute Gasteiger partial charge is 0.324 e. The molecule has 0 fully saturated rings. The van der Waals surface area contributed by atoms with Gasteiger partial charge in [0.05, 0.1) is 22.2 Å². The number of carbonyl (C=O) groups excluding carboxylic acids is 1. The van der Waals surface area contributed by atoms with E-state index in [1.54, 1.807) is 22.8 Å². The Hall–Kier alpha value is -2.07. The molecule has 7 nitrogen and oxygen atoms in total. The van der Waals surface area contributed by atoms with Crippen LogP contribution < -0.4 is 14.5 Å². The van der Waals surface area contributed by atoms with E-state index in [1.165, 1.54) is 25.1 Å². The highest BCUT2D eigenvalue weighted by Gasteiger charge is 2.30. The lowest BCUT2D eigenvalue weighted by Crippen LogP contribution is -2.45. The van der Waals surface area contributed by atoms with E-state index in [2.05, 4.69) is 5.32 Å². The van der Waals surface area contributed by atoms with Crippen molar-refractivity contribution in [3.63, 3.8) is 0 Å². The summed E-state index contributed by atoms with van der Waals surface area (Å²) < 4.78 is 28.3. The Morgan fingerprint density at radius 1 is 1.10 bits per heavy atom. The Morgan fingerprint density at radius 2 is 1.71 bits per heavy atom. The standard InChI is InChI=1S/C20H21Cl2N3O4S2/c1-11(2)24-17-6-5-15(10-18(17)30-20(24)27)23-19(26)12(3)25(31(4,28)29)16-8-13(21)7-14(22)9-16/h5-12H,1-4H3,(H,23,26)/t12-/m1/s1. The second-order valence-corrected chi connectivity index (χ2v) is 11.1. The molecule has 1 N–H and O–H groups in total. The predicted octanol–water partition coefficient (Wildman–Crippen LogP) is 4.74. The number of halogens is 2. The molecule has 1 aromatic heterocycles. The number of thiazole rings is 1. The quantitative estimate of drug-likeness (QED) is 0.527. The first kappa shape index (κ1) is 23.6. The van der Waals surface area contributed by atoms with E-state index in [0.29, 0.717) is 5.69 Å². The highest BCUT2D eigenvalue weighted by molar-refractivity contribution is 7.92. The summed E-state index contributed by atoms with van der Waals surface area (Å²) in [4.78, 5) is 25.1. The molecule has 1 atom stereocenters. The maximum Gasteiger partial charge on any atom is 0.308 e.